The van der Waals surface area contributed by atoms with Crippen LogP contribution < -0.4 is 11.5 Å². The second kappa shape index (κ2) is 3.96. The second-order valence-electron chi connectivity index (χ2n) is 6.37. The monoisotopic (exact) mass is 234 g/mol. The first kappa shape index (κ1) is 12.8. The van der Waals surface area contributed by atoms with Crippen LogP contribution in [0.3, 0.4) is 0 Å². The molecule has 2 heteroatoms. The molecule has 0 spiro atoms. The largest absolute Gasteiger partial charge is 0.320 e. The summed E-state index contributed by atoms with van der Waals surface area (Å²) in [5.74, 6) is 1.01. The van der Waals surface area contributed by atoms with Crippen LogP contribution in [0.15, 0.2) is 23.3 Å². The van der Waals surface area contributed by atoms with Crippen molar-refractivity contribution >= 4 is 0 Å². The van der Waals surface area contributed by atoms with E-state index in [0.717, 1.165) is 19.3 Å². The number of fused-ring (bicyclic) bond motifs is 1. The van der Waals surface area contributed by atoms with Crippen LogP contribution in [0.4, 0.5) is 0 Å². The van der Waals surface area contributed by atoms with Crippen molar-refractivity contribution in [1.29, 1.82) is 0 Å². The lowest BCUT2D eigenvalue weighted by atomic mass is 9.55. The molecule has 0 radical (unpaired) electrons. The Bertz CT molecular complexity index is 380. The normalized spacial score (nSPS) is 41.9. The predicted molar refractivity (Wildman–Crippen MR) is 73.5 cm³/mol. The lowest BCUT2D eigenvalue weighted by Gasteiger charge is -2.56. The van der Waals surface area contributed by atoms with Crippen LogP contribution in [0, 0.1) is 11.8 Å². The highest BCUT2D eigenvalue weighted by molar-refractivity contribution is 5.40. The Morgan fingerprint density at radius 2 is 1.94 bits per heavy atom. The molecular weight excluding hydrogens is 208 g/mol. The molecule has 0 saturated carbocycles. The summed E-state index contributed by atoms with van der Waals surface area (Å²) in [4.78, 5) is 0. The molecular formula is C15H26N2. The number of hydrogen-bond acceptors (Lipinski definition) is 2. The minimum Gasteiger partial charge on any atom is -0.320 e. The van der Waals surface area contributed by atoms with E-state index in [0.29, 0.717) is 11.8 Å². The maximum Gasteiger partial charge on any atom is 0.0597 e. The van der Waals surface area contributed by atoms with Crippen LogP contribution in [-0.4, -0.2) is 11.1 Å². The minimum absolute atomic E-state index is 0.334. The predicted octanol–water partition coefficient (Wildman–Crippen LogP) is 2.74. The van der Waals surface area contributed by atoms with Crippen molar-refractivity contribution in [2.75, 3.05) is 0 Å². The highest BCUT2D eigenvalue weighted by atomic mass is 14.9. The van der Waals surface area contributed by atoms with Gasteiger partial charge >= 0.3 is 0 Å². The lowest BCUT2D eigenvalue weighted by Crippen LogP contribution is -2.72. The van der Waals surface area contributed by atoms with Gasteiger partial charge < -0.3 is 11.5 Å². The molecule has 0 aromatic carbocycles. The van der Waals surface area contributed by atoms with Crippen molar-refractivity contribution in [3.63, 3.8) is 0 Å². The molecule has 0 aromatic heterocycles. The SMILES string of the molecule is CC1=C[C@]2(N)[C@@H](C(C)C)CC=C(C)[C@]2(N)CC1. The van der Waals surface area contributed by atoms with Gasteiger partial charge in [-0.25, -0.2) is 0 Å². The third-order valence-electron chi connectivity index (χ3n) is 4.97. The van der Waals surface area contributed by atoms with Crippen LogP contribution >= 0.6 is 0 Å². The Labute approximate surface area is 105 Å². The molecule has 0 bridgehead atoms. The topological polar surface area (TPSA) is 52.0 Å². The van der Waals surface area contributed by atoms with Crippen LogP contribution in [0.5, 0.6) is 0 Å². The molecule has 2 nitrogen and oxygen atoms in total. The summed E-state index contributed by atoms with van der Waals surface area (Å²) in [6, 6.07) is 0. The smallest absolute Gasteiger partial charge is 0.0597 e. The molecule has 2 rings (SSSR count). The molecule has 4 N–H and O–H groups in total. The van der Waals surface area contributed by atoms with Crippen molar-refractivity contribution in [3.8, 4) is 0 Å². The first-order valence-corrected chi connectivity index (χ1v) is 6.74. The average Bonchev–Trinajstić information content (AvgIpc) is 2.22. The van der Waals surface area contributed by atoms with E-state index in [9.17, 15) is 0 Å². The maximum absolute atomic E-state index is 6.78. The average molecular weight is 234 g/mol. The van der Waals surface area contributed by atoms with Crippen molar-refractivity contribution in [2.45, 2.75) is 58.0 Å². The summed E-state index contributed by atoms with van der Waals surface area (Å²) in [6.07, 6.45) is 7.69. The molecule has 0 heterocycles. The fourth-order valence-corrected chi connectivity index (χ4v) is 3.70. The second-order valence-corrected chi connectivity index (χ2v) is 6.37. The van der Waals surface area contributed by atoms with Crippen LogP contribution in [0.1, 0.15) is 47.0 Å². The summed E-state index contributed by atoms with van der Waals surface area (Å²) in [5, 5.41) is 0. The van der Waals surface area contributed by atoms with Gasteiger partial charge in [0, 0.05) is 0 Å². The van der Waals surface area contributed by atoms with Gasteiger partial charge in [-0.1, -0.05) is 37.1 Å². The molecule has 0 saturated heterocycles. The molecule has 0 unspecified atom stereocenters. The van der Waals surface area contributed by atoms with Gasteiger partial charge in [-0.15, -0.1) is 0 Å². The quantitative estimate of drug-likeness (QED) is 0.685. The standard InChI is InChI=1S/C15H26N2/c1-10(2)13-6-5-12(4)14(16)8-7-11(3)9-15(13,14)17/h5,9-10,13H,6-8,16-17H2,1-4H3/t13-,14-,15+/m1/s1. The molecule has 17 heavy (non-hydrogen) atoms. The molecule has 0 aromatic rings. The molecule has 2 aliphatic rings. The van der Waals surface area contributed by atoms with Crippen LogP contribution in [0.2, 0.25) is 0 Å². The Kier molecular flexibility index (Phi) is 2.99. The fourth-order valence-electron chi connectivity index (χ4n) is 3.70. The van der Waals surface area contributed by atoms with Crippen LogP contribution in [-0.2, 0) is 0 Å². The first-order valence-electron chi connectivity index (χ1n) is 6.74. The van der Waals surface area contributed by atoms with Gasteiger partial charge in [-0.2, -0.15) is 0 Å². The van der Waals surface area contributed by atoms with Gasteiger partial charge in [0.1, 0.15) is 0 Å². The molecule has 0 fully saturated rings. The van der Waals surface area contributed by atoms with Crippen molar-refractivity contribution in [1.82, 2.24) is 0 Å². The summed E-state index contributed by atoms with van der Waals surface area (Å²) in [5.41, 5.74) is 15.5. The van der Waals surface area contributed by atoms with E-state index in [4.69, 9.17) is 11.5 Å². The van der Waals surface area contributed by atoms with E-state index < -0.39 is 0 Å². The van der Waals surface area contributed by atoms with E-state index in [1.54, 1.807) is 0 Å². The Balaban J connectivity index is 2.55. The number of nitrogens with two attached hydrogens (primary N) is 2. The Hall–Kier alpha value is -0.600. The zero-order valence-corrected chi connectivity index (χ0v) is 11.6. The summed E-state index contributed by atoms with van der Waals surface area (Å²) >= 11 is 0. The Morgan fingerprint density at radius 1 is 1.29 bits per heavy atom. The van der Waals surface area contributed by atoms with Gasteiger partial charge in [0.25, 0.3) is 0 Å². The van der Waals surface area contributed by atoms with Crippen molar-refractivity contribution in [2.24, 2.45) is 23.3 Å². The van der Waals surface area contributed by atoms with E-state index >= 15 is 0 Å². The Morgan fingerprint density at radius 3 is 2.53 bits per heavy atom. The first-order chi connectivity index (χ1) is 7.81. The minimum atomic E-state index is -0.359. The van der Waals surface area contributed by atoms with E-state index in [2.05, 4.69) is 39.8 Å². The van der Waals surface area contributed by atoms with E-state index in [1.165, 1.54) is 11.1 Å². The summed E-state index contributed by atoms with van der Waals surface area (Å²) in [7, 11) is 0. The lowest BCUT2D eigenvalue weighted by molar-refractivity contribution is 0.142. The molecule has 3 atom stereocenters. The molecule has 2 aliphatic carbocycles. The molecule has 0 amide bonds. The van der Waals surface area contributed by atoms with Crippen molar-refractivity contribution in [3.05, 3.63) is 23.3 Å². The number of allylic oxidation sites excluding steroid dienone is 2. The number of rotatable bonds is 1. The number of hydrogen-bond donors (Lipinski definition) is 2. The molecule has 0 aliphatic heterocycles. The van der Waals surface area contributed by atoms with Gasteiger partial charge in [0.15, 0.2) is 0 Å². The highest BCUT2D eigenvalue weighted by Crippen LogP contribution is 2.48. The van der Waals surface area contributed by atoms with Gasteiger partial charge in [0.05, 0.1) is 11.1 Å². The molecule has 96 valence electrons. The van der Waals surface area contributed by atoms with E-state index in [-0.39, 0.29) is 11.1 Å². The van der Waals surface area contributed by atoms with Gasteiger partial charge in [-0.05, 0) is 44.9 Å². The van der Waals surface area contributed by atoms with Gasteiger partial charge in [0.2, 0.25) is 0 Å². The van der Waals surface area contributed by atoms with Crippen LogP contribution in [0.25, 0.3) is 0 Å². The van der Waals surface area contributed by atoms with Gasteiger partial charge in [-0.3, -0.25) is 0 Å². The maximum atomic E-state index is 6.78. The zero-order valence-electron chi connectivity index (χ0n) is 11.6. The highest BCUT2D eigenvalue weighted by Gasteiger charge is 2.54. The summed E-state index contributed by atoms with van der Waals surface area (Å²) in [6.45, 7) is 8.84. The zero-order chi connectivity index (χ0) is 12.8. The third-order valence-corrected chi connectivity index (χ3v) is 4.97. The fraction of sp³-hybridized carbons (Fsp3) is 0.733. The van der Waals surface area contributed by atoms with E-state index in [1.807, 2.05) is 0 Å². The summed E-state index contributed by atoms with van der Waals surface area (Å²) < 4.78 is 0. The van der Waals surface area contributed by atoms with Crippen molar-refractivity contribution < 1.29 is 0 Å². The third kappa shape index (κ3) is 1.69.